The molecule has 0 aliphatic heterocycles. The Balaban J connectivity index is 1.73. The maximum Gasteiger partial charge on any atom is 0.293 e. The van der Waals surface area contributed by atoms with Crippen molar-refractivity contribution in [1.29, 1.82) is 0 Å². The van der Waals surface area contributed by atoms with Gasteiger partial charge in [0.1, 0.15) is 5.60 Å². The van der Waals surface area contributed by atoms with Gasteiger partial charge in [-0.2, -0.15) is 0 Å². The normalized spacial score (nSPS) is 15.5. The first-order valence-electron chi connectivity index (χ1n) is 11.5. The number of aryl methyl sites for hydroxylation is 4. The molecule has 0 heterocycles. The molecule has 0 aromatic heterocycles. The molecule has 1 aliphatic carbocycles. The van der Waals surface area contributed by atoms with Gasteiger partial charge in [-0.05, 0) is 99.3 Å². The molecule has 2 nitrogen and oxygen atoms in total. The Kier molecular flexibility index (Phi) is 8.58. The van der Waals surface area contributed by atoms with Crippen molar-refractivity contribution >= 4 is 6.47 Å². The molecule has 1 saturated carbocycles. The fourth-order valence-corrected chi connectivity index (χ4v) is 4.24. The van der Waals surface area contributed by atoms with Crippen molar-refractivity contribution in [3.63, 3.8) is 0 Å². The third-order valence-electron chi connectivity index (χ3n) is 6.35. The van der Waals surface area contributed by atoms with Crippen molar-refractivity contribution in [2.75, 3.05) is 0 Å². The molecule has 0 spiro atoms. The minimum atomic E-state index is -0.0817. The Bertz CT molecular complexity index is 620. The molecule has 0 N–H and O–H groups in total. The van der Waals surface area contributed by atoms with Crippen LogP contribution in [0, 0.1) is 19.3 Å². The Labute approximate surface area is 173 Å². The van der Waals surface area contributed by atoms with Gasteiger partial charge in [-0.3, -0.25) is 4.79 Å². The van der Waals surface area contributed by atoms with E-state index >= 15 is 0 Å². The summed E-state index contributed by atoms with van der Waals surface area (Å²) in [6, 6.07) is 4.86. The van der Waals surface area contributed by atoms with E-state index in [9.17, 15) is 4.79 Å². The number of hydrogen-bond donors (Lipinski definition) is 0. The number of carbonyl (C=O) groups excluding carboxylic acids is 1. The maximum absolute atomic E-state index is 10.6. The first kappa shape index (κ1) is 23.0. The SMILES string of the molecule is Cc1cc(C)c(CCCCCC2(OC=O)CC2)cc1CCCCCC(C)(C)C. The van der Waals surface area contributed by atoms with Crippen LogP contribution < -0.4 is 0 Å². The van der Waals surface area contributed by atoms with Crippen LogP contribution in [0.4, 0.5) is 0 Å². The second-order valence-electron chi connectivity index (χ2n) is 10.3. The molecule has 2 rings (SSSR count). The Hall–Kier alpha value is -1.31. The van der Waals surface area contributed by atoms with Crippen LogP contribution in [0.15, 0.2) is 12.1 Å². The van der Waals surface area contributed by atoms with Gasteiger partial charge in [0.15, 0.2) is 0 Å². The minimum absolute atomic E-state index is 0.0817. The highest BCUT2D eigenvalue weighted by molar-refractivity contribution is 5.39. The summed E-state index contributed by atoms with van der Waals surface area (Å²) in [4.78, 5) is 10.6. The summed E-state index contributed by atoms with van der Waals surface area (Å²) >= 11 is 0. The van der Waals surface area contributed by atoms with E-state index in [-0.39, 0.29) is 5.60 Å². The van der Waals surface area contributed by atoms with Crippen LogP contribution in [0.3, 0.4) is 0 Å². The lowest BCUT2D eigenvalue weighted by Crippen LogP contribution is -2.12. The molecule has 1 aromatic carbocycles. The molecule has 0 radical (unpaired) electrons. The van der Waals surface area contributed by atoms with Crippen molar-refractivity contribution in [3.05, 3.63) is 34.4 Å². The van der Waals surface area contributed by atoms with E-state index in [1.807, 2.05) is 0 Å². The molecule has 2 heteroatoms. The van der Waals surface area contributed by atoms with Crippen LogP contribution in [0.1, 0.15) is 107 Å². The van der Waals surface area contributed by atoms with E-state index in [1.165, 1.54) is 74.5 Å². The van der Waals surface area contributed by atoms with Crippen LogP contribution >= 0.6 is 0 Å². The fourth-order valence-electron chi connectivity index (χ4n) is 4.24. The Morgan fingerprint density at radius 3 is 1.96 bits per heavy atom. The number of ether oxygens (including phenoxy) is 1. The second kappa shape index (κ2) is 10.5. The summed E-state index contributed by atoms with van der Waals surface area (Å²) in [7, 11) is 0. The zero-order chi connectivity index (χ0) is 20.6. The molecule has 1 fully saturated rings. The van der Waals surface area contributed by atoms with E-state index in [4.69, 9.17) is 4.74 Å². The van der Waals surface area contributed by atoms with E-state index < -0.39 is 0 Å². The van der Waals surface area contributed by atoms with E-state index in [1.54, 1.807) is 5.56 Å². The fraction of sp³-hybridized carbons (Fsp3) is 0.731. The van der Waals surface area contributed by atoms with Gasteiger partial charge in [-0.15, -0.1) is 0 Å². The van der Waals surface area contributed by atoms with Gasteiger partial charge in [-0.25, -0.2) is 0 Å². The molecule has 158 valence electrons. The smallest absolute Gasteiger partial charge is 0.293 e. The Morgan fingerprint density at radius 1 is 0.893 bits per heavy atom. The zero-order valence-corrected chi connectivity index (χ0v) is 19.0. The summed E-state index contributed by atoms with van der Waals surface area (Å²) < 4.78 is 5.25. The lowest BCUT2D eigenvalue weighted by molar-refractivity contribution is -0.135. The number of hydrogen-bond acceptors (Lipinski definition) is 2. The van der Waals surface area contributed by atoms with Crippen molar-refractivity contribution < 1.29 is 9.53 Å². The quantitative estimate of drug-likeness (QED) is 0.263. The largest absolute Gasteiger partial charge is 0.461 e. The van der Waals surface area contributed by atoms with Crippen LogP contribution in [0.2, 0.25) is 0 Å². The van der Waals surface area contributed by atoms with Crippen LogP contribution in [-0.4, -0.2) is 12.1 Å². The van der Waals surface area contributed by atoms with Crippen molar-refractivity contribution in [2.24, 2.45) is 5.41 Å². The molecule has 1 aromatic rings. The summed E-state index contributed by atoms with van der Waals surface area (Å²) in [5.74, 6) is 0. The van der Waals surface area contributed by atoms with Gasteiger partial charge in [0.2, 0.25) is 0 Å². The van der Waals surface area contributed by atoms with E-state index in [0.29, 0.717) is 11.9 Å². The van der Waals surface area contributed by atoms with Crippen LogP contribution in [0.25, 0.3) is 0 Å². The third kappa shape index (κ3) is 7.97. The summed E-state index contributed by atoms with van der Waals surface area (Å²) in [6.07, 6.45) is 14.5. The van der Waals surface area contributed by atoms with Gasteiger partial charge in [0, 0.05) is 0 Å². The predicted octanol–water partition coefficient (Wildman–Crippen LogP) is 7.26. The first-order chi connectivity index (χ1) is 13.2. The van der Waals surface area contributed by atoms with Crippen molar-refractivity contribution in [2.45, 2.75) is 117 Å². The van der Waals surface area contributed by atoms with Gasteiger partial charge in [0.25, 0.3) is 6.47 Å². The van der Waals surface area contributed by atoms with Crippen molar-refractivity contribution in [1.82, 2.24) is 0 Å². The van der Waals surface area contributed by atoms with E-state index in [0.717, 1.165) is 19.3 Å². The standard InChI is InChI=1S/C26H42O2/c1-21-18-22(2)24(13-9-7-11-15-26(16-17-26)28-20-27)19-23(21)12-8-6-10-14-25(3,4)5/h18-20H,6-17H2,1-5H3. The highest BCUT2D eigenvalue weighted by atomic mass is 16.5. The summed E-state index contributed by atoms with van der Waals surface area (Å²) in [6.45, 7) is 12.2. The van der Waals surface area contributed by atoms with Gasteiger partial charge in [0.05, 0.1) is 0 Å². The second-order valence-corrected chi connectivity index (χ2v) is 10.3. The maximum atomic E-state index is 10.6. The van der Waals surface area contributed by atoms with Gasteiger partial charge in [-0.1, -0.05) is 52.2 Å². The molecule has 1 aliphatic rings. The monoisotopic (exact) mass is 386 g/mol. The number of unbranched alkanes of at least 4 members (excludes halogenated alkanes) is 4. The average Bonchev–Trinajstić information content (AvgIpc) is 3.36. The topological polar surface area (TPSA) is 26.3 Å². The summed E-state index contributed by atoms with van der Waals surface area (Å²) in [5, 5.41) is 0. The lowest BCUT2D eigenvalue weighted by atomic mass is 9.88. The lowest BCUT2D eigenvalue weighted by Gasteiger charge is -2.17. The van der Waals surface area contributed by atoms with Crippen LogP contribution in [0.5, 0.6) is 0 Å². The number of rotatable bonds is 13. The molecule has 0 unspecified atom stereocenters. The molecule has 0 bridgehead atoms. The molecule has 0 atom stereocenters. The number of carbonyl (C=O) groups is 1. The Morgan fingerprint density at radius 2 is 1.46 bits per heavy atom. The first-order valence-corrected chi connectivity index (χ1v) is 11.5. The molecule has 0 amide bonds. The van der Waals surface area contributed by atoms with Gasteiger partial charge >= 0.3 is 0 Å². The highest BCUT2D eigenvalue weighted by Gasteiger charge is 2.44. The predicted molar refractivity (Wildman–Crippen MR) is 119 cm³/mol. The summed E-state index contributed by atoms with van der Waals surface area (Å²) in [5.41, 5.74) is 6.36. The average molecular weight is 387 g/mol. The molecular formula is C26H42O2. The van der Waals surface area contributed by atoms with Crippen LogP contribution in [-0.2, 0) is 22.4 Å². The highest BCUT2D eigenvalue weighted by Crippen LogP contribution is 2.43. The van der Waals surface area contributed by atoms with Gasteiger partial charge < -0.3 is 4.74 Å². The molecule has 28 heavy (non-hydrogen) atoms. The number of benzene rings is 1. The minimum Gasteiger partial charge on any atom is -0.461 e. The zero-order valence-electron chi connectivity index (χ0n) is 19.0. The van der Waals surface area contributed by atoms with E-state index in [2.05, 4.69) is 46.8 Å². The third-order valence-corrected chi connectivity index (χ3v) is 6.35. The molecule has 0 saturated heterocycles. The molecular weight excluding hydrogens is 344 g/mol. The van der Waals surface area contributed by atoms with Crippen molar-refractivity contribution in [3.8, 4) is 0 Å².